The zero-order chi connectivity index (χ0) is 19.6. The highest BCUT2D eigenvalue weighted by Gasteiger charge is 2.21. The molecule has 1 aromatic heterocycles. The molecule has 1 aliphatic rings. The molecule has 3 N–H and O–H groups in total. The van der Waals surface area contributed by atoms with Gasteiger partial charge in [0.05, 0.1) is 5.69 Å². The number of nitrogens with two attached hydrogens (primary N) is 1. The van der Waals surface area contributed by atoms with Crippen LogP contribution in [-0.4, -0.2) is 40.9 Å². The number of carbonyl (C=O) groups is 1. The summed E-state index contributed by atoms with van der Waals surface area (Å²) >= 11 is 6.19. The molecule has 0 atom stereocenters. The van der Waals surface area contributed by atoms with Crippen LogP contribution < -0.4 is 11.1 Å². The summed E-state index contributed by atoms with van der Waals surface area (Å²) in [6, 6.07) is 6.21. The standard InChI is InChI=1S/C20H26ClN5O/c1-4-16-18(21)25-20(17(24-16)19(22)27)23-14-6-5-12(2)15(11-14)13-7-9-26(3)10-8-13/h5-6,11,13H,4,7-10H2,1-3H3,(H2,22,27)(H,23,25). The minimum Gasteiger partial charge on any atom is -0.364 e. The third-order valence-electron chi connectivity index (χ3n) is 5.19. The van der Waals surface area contributed by atoms with Crippen LogP contribution in [0.2, 0.25) is 5.15 Å². The SMILES string of the molecule is CCc1nc(C(N)=O)c(Nc2ccc(C)c(C3CCN(C)CC3)c2)nc1Cl. The lowest BCUT2D eigenvalue weighted by Gasteiger charge is -2.30. The molecular formula is C20H26ClN5O. The number of benzene rings is 1. The Balaban J connectivity index is 1.91. The van der Waals surface area contributed by atoms with E-state index in [4.69, 9.17) is 17.3 Å². The third-order valence-corrected chi connectivity index (χ3v) is 5.49. The number of aromatic nitrogens is 2. The molecule has 2 aromatic rings. The Morgan fingerprint density at radius 2 is 2.04 bits per heavy atom. The molecule has 1 aromatic carbocycles. The quantitative estimate of drug-likeness (QED) is 0.817. The van der Waals surface area contributed by atoms with E-state index in [1.165, 1.54) is 11.1 Å². The molecule has 1 aliphatic heterocycles. The van der Waals surface area contributed by atoms with Crippen LogP contribution in [0.4, 0.5) is 11.5 Å². The van der Waals surface area contributed by atoms with Gasteiger partial charge in [-0.15, -0.1) is 0 Å². The zero-order valence-corrected chi connectivity index (χ0v) is 16.8. The topological polar surface area (TPSA) is 84.1 Å². The largest absolute Gasteiger partial charge is 0.364 e. The predicted molar refractivity (Wildman–Crippen MR) is 109 cm³/mol. The molecule has 0 spiro atoms. The highest BCUT2D eigenvalue weighted by atomic mass is 35.5. The molecule has 1 amide bonds. The third kappa shape index (κ3) is 4.39. The average molecular weight is 388 g/mol. The average Bonchev–Trinajstić information content (AvgIpc) is 2.64. The van der Waals surface area contributed by atoms with Gasteiger partial charge in [-0.25, -0.2) is 9.97 Å². The predicted octanol–water partition coefficient (Wildman–Crippen LogP) is 3.65. The fraction of sp³-hybridized carbons (Fsp3) is 0.450. The van der Waals surface area contributed by atoms with Gasteiger partial charge in [0.2, 0.25) is 0 Å². The molecule has 7 heteroatoms. The molecule has 0 aliphatic carbocycles. The number of carbonyl (C=O) groups excluding carboxylic acids is 1. The van der Waals surface area contributed by atoms with Crippen LogP contribution >= 0.6 is 11.6 Å². The number of aryl methyl sites for hydroxylation is 2. The van der Waals surface area contributed by atoms with Crippen molar-refractivity contribution in [1.29, 1.82) is 0 Å². The maximum atomic E-state index is 11.8. The fourth-order valence-electron chi connectivity index (χ4n) is 3.55. The van der Waals surface area contributed by atoms with E-state index in [-0.39, 0.29) is 10.8 Å². The number of nitrogens with one attached hydrogen (secondary N) is 1. The highest BCUT2D eigenvalue weighted by molar-refractivity contribution is 6.30. The van der Waals surface area contributed by atoms with Crippen molar-refractivity contribution in [2.75, 3.05) is 25.5 Å². The number of nitrogens with zero attached hydrogens (tertiary/aromatic N) is 3. The summed E-state index contributed by atoms with van der Waals surface area (Å²) in [6.07, 6.45) is 2.87. The number of piperidine rings is 1. The number of hydrogen-bond donors (Lipinski definition) is 2. The van der Waals surface area contributed by atoms with E-state index in [2.05, 4.69) is 46.3 Å². The Kier molecular flexibility index (Phi) is 5.97. The molecule has 1 fully saturated rings. The van der Waals surface area contributed by atoms with Crippen molar-refractivity contribution in [1.82, 2.24) is 14.9 Å². The van der Waals surface area contributed by atoms with Crippen molar-refractivity contribution in [3.63, 3.8) is 0 Å². The van der Waals surface area contributed by atoms with Crippen molar-refractivity contribution < 1.29 is 4.79 Å². The molecule has 0 saturated carbocycles. The summed E-state index contributed by atoms with van der Waals surface area (Å²) in [4.78, 5) is 22.8. The number of rotatable bonds is 5. The van der Waals surface area contributed by atoms with Crippen LogP contribution in [0.5, 0.6) is 0 Å². The minimum atomic E-state index is -0.626. The highest BCUT2D eigenvalue weighted by Crippen LogP contribution is 2.32. The second-order valence-electron chi connectivity index (χ2n) is 7.15. The van der Waals surface area contributed by atoms with Crippen LogP contribution in [0.25, 0.3) is 0 Å². The number of anilines is 2. The number of hydrogen-bond acceptors (Lipinski definition) is 5. The van der Waals surface area contributed by atoms with Crippen LogP contribution in [0, 0.1) is 6.92 Å². The summed E-state index contributed by atoms with van der Waals surface area (Å²) in [5.74, 6) is 0.206. The van der Waals surface area contributed by atoms with E-state index in [0.717, 1.165) is 31.6 Å². The summed E-state index contributed by atoms with van der Waals surface area (Å²) in [5.41, 5.74) is 9.63. The summed E-state index contributed by atoms with van der Waals surface area (Å²) < 4.78 is 0. The first-order valence-electron chi connectivity index (χ1n) is 9.31. The van der Waals surface area contributed by atoms with Crippen LogP contribution in [0.15, 0.2) is 18.2 Å². The Bertz CT molecular complexity index is 847. The number of likely N-dealkylation sites (tertiary alicyclic amines) is 1. The first-order valence-corrected chi connectivity index (χ1v) is 9.69. The van der Waals surface area contributed by atoms with E-state index in [0.29, 0.717) is 23.9 Å². The van der Waals surface area contributed by atoms with E-state index < -0.39 is 5.91 Å². The zero-order valence-electron chi connectivity index (χ0n) is 16.1. The lowest BCUT2D eigenvalue weighted by atomic mass is 9.86. The molecule has 1 saturated heterocycles. The molecule has 0 unspecified atom stereocenters. The Labute approximate surface area is 165 Å². The lowest BCUT2D eigenvalue weighted by Crippen LogP contribution is -2.29. The Hall–Kier alpha value is -2.18. The maximum absolute atomic E-state index is 11.8. The molecular weight excluding hydrogens is 362 g/mol. The second kappa shape index (κ2) is 8.23. The van der Waals surface area contributed by atoms with Gasteiger partial charge in [0.25, 0.3) is 5.91 Å². The van der Waals surface area contributed by atoms with E-state index in [1.807, 2.05) is 13.0 Å². The maximum Gasteiger partial charge on any atom is 0.271 e. The molecule has 6 nitrogen and oxygen atoms in total. The monoisotopic (exact) mass is 387 g/mol. The van der Waals surface area contributed by atoms with E-state index >= 15 is 0 Å². The molecule has 2 heterocycles. The Morgan fingerprint density at radius 1 is 1.33 bits per heavy atom. The molecule has 144 valence electrons. The fourth-order valence-corrected chi connectivity index (χ4v) is 3.81. The molecule has 27 heavy (non-hydrogen) atoms. The molecule has 3 rings (SSSR count). The van der Waals surface area contributed by atoms with Crippen LogP contribution in [0.3, 0.4) is 0 Å². The van der Waals surface area contributed by atoms with E-state index in [1.54, 1.807) is 0 Å². The van der Waals surface area contributed by atoms with Crippen LogP contribution in [-0.2, 0) is 6.42 Å². The molecule has 0 bridgehead atoms. The van der Waals surface area contributed by atoms with Gasteiger partial charge in [-0.3, -0.25) is 4.79 Å². The van der Waals surface area contributed by atoms with Gasteiger partial charge in [-0.2, -0.15) is 0 Å². The first-order chi connectivity index (χ1) is 12.9. The van der Waals surface area contributed by atoms with Crippen molar-refractivity contribution in [2.45, 2.75) is 39.0 Å². The number of primary amides is 1. The normalized spacial score (nSPS) is 15.7. The number of halogens is 1. The lowest BCUT2D eigenvalue weighted by molar-refractivity contribution is 0.0996. The van der Waals surface area contributed by atoms with Crippen molar-refractivity contribution >= 4 is 29.0 Å². The van der Waals surface area contributed by atoms with E-state index in [9.17, 15) is 4.79 Å². The van der Waals surface area contributed by atoms with Gasteiger partial charge in [0.1, 0.15) is 0 Å². The van der Waals surface area contributed by atoms with Crippen molar-refractivity contribution in [3.05, 3.63) is 45.9 Å². The summed E-state index contributed by atoms with van der Waals surface area (Å²) in [5, 5.41) is 3.48. The van der Waals surface area contributed by atoms with Gasteiger partial charge in [-0.05, 0) is 75.5 Å². The van der Waals surface area contributed by atoms with Gasteiger partial charge in [0, 0.05) is 5.69 Å². The van der Waals surface area contributed by atoms with Gasteiger partial charge >= 0.3 is 0 Å². The Morgan fingerprint density at radius 3 is 2.67 bits per heavy atom. The van der Waals surface area contributed by atoms with Gasteiger partial charge in [-0.1, -0.05) is 24.6 Å². The number of amides is 1. The first kappa shape index (κ1) is 19.6. The summed E-state index contributed by atoms with van der Waals surface area (Å²) in [7, 11) is 2.16. The van der Waals surface area contributed by atoms with Crippen molar-refractivity contribution in [3.8, 4) is 0 Å². The molecule has 0 radical (unpaired) electrons. The smallest absolute Gasteiger partial charge is 0.271 e. The minimum absolute atomic E-state index is 0.109. The summed E-state index contributed by atoms with van der Waals surface area (Å²) in [6.45, 7) is 6.25. The van der Waals surface area contributed by atoms with Gasteiger partial charge in [0.15, 0.2) is 16.7 Å². The van der Waals surface area contributed by atoms with Gasteiger partial charge < -0.3 is 16.0 Å². The van der Waals surface area contributed by atoms with Crippen molar-refractivity contribution in [2.24, 2.45) is 5.73 Å². The van der Waals surface area contributed by atoms with Crippen LogP contribution in [0.1, 0.15) is 53.0 Å². The second-order valence-corrected chi connectivity index (χ2v) is 7.51.